The molecule has 3 N–H and O–H groups in total. The predicted octanol–water partition coefficient (Wildman–Crippen LogP) is 1.21. The van der Waals surface area contributed by atoms with Crippen LogP contribution in [0, 0.1) is 5.82 Å². The zero-order valence-electron chi connectivity index (χ0n) is 10.7. The summed E-state index contributed by atoms with van der Waals surface area (Å²) in [6, 6.07) is 1.01. The number of hydrogen-bond donors (Lipinski definition) is 2. The van der Waals surface area contributed by atoms with Crippen LogP contribution in [-0.4, -0.2) is 50.2 Å². The van der Waals surface area contributed by atoms with Crippen LogP contribution in [0.25, 0.3) is 0 Å². The summed E-state index contributed by atoms with van der Waals surface area (Å²) in [7, 11) is -4.12. The molecular formula is C11H13BrClFN2O4S. The van der Waals surface area contributed by atoms with E-state index in [0.717, 1.165) is 10.4 Å². The summed E-state index contributed by atoms with van der Waals surface area (Å²) in [6.45, 7) is -0.207. The van der Waals surface area contributed by atoms with Gasteiger partial charge in [-0.15, -0.1) is 0 Å². The molecule has 21 heavy (non-hydrogen) atoms. The Morgan fingerprint density at radius 1 is 1.62 bits per heavy atom. The maximum Gasteiger partial charge on any atom is 0.246 e. The number of nitrogen functional groups attached to an aromatic ring is 1. The van der Waals surface area contributed by atoms with Crippen LogP contribution < -0.4 is 5.73 Å². The summed E-state index contributed by atoms with van der Waals surface area (Å²) in [5.41, 5.74) is 5.14. The maximum atomic E-state index is 14.2. The van der Waals surface area contributed by atoms with E-state index in [9.17, 15) is 12.8 Å². The van der Waals surface area contributed by atoms with Gasteiger partial charge in [-0.1, -0.05) is 11.6 Å². The van der Waals surface area contributed by atoms with Crippen molar-refractivity contribution >= 4 is 43.2 Å². The number of hydrogen-bond acceptors (Lipinski definition) is 5. The van der Waals surface area contributed by atoms with Crippen LogP contribution in [0.15, 0.2) is 15.4 Å². The van der Waals surface area contributed by atoms with Gasteiger partial charge in [0.2, 0.25) is 10.0 Å². The first kappa shape index (κ1) is 16.9. The molecule has 1 aromatic rings. The van der Waals surface area contributed by atoms with Gasteiger partial charge in [0.15, 0.2) is 5.82 Å². The Bertz CT molecular complexity index is 658. The molecule has 6 nitrogen and oxygen atoms in total. The molecule has 10 heteroatoms. The first-order chi connectivity index (χ1) is 9.78. The summed E-state index contributed by atoms with van der Waals surface area (Å²) in [6.07, 6.45) is -0.639. The van der Waals surface area contributed by atoms with Crippen LogP contribution in [0.5, 0.6) is 0 Å². The van der Waals surface area contributed by atoms with Gasteiger partial charge in [-0.3, -0.25) is 0 Å². The van der Waals surface area contributed by atoms with E-state index in [1.807, 2.05) is 0 Å². The minimum Gasteiger partial charge on any atom is -0.395 e. The van der Waals surface area contributed by atoms with Crippen LogP contribution in [0.4, 0.5) is 10.1 Å². The van der Waals surface area contributed by atoms with Crippen molar-refractivity contribution in [3.63, 3.8) is 0 Å². The number of ether oxygens (including phenoxy) is 1. The second-order valence-corrected chi connectivity index (χ2v) is 7.54. The molecule has 0 amide bonds. The number of halogens is 3. The van der Waals surface area contributed by atoms with Gasteiger partial charge in [-0.05, 0) is 22.0 Å². The molecule has 0 bridgehead atoms. The molecule has 1 atom stereocenters. The predicted molar refractivity (Wildman–Crippen MR) is 79.1 cm³/mol. The minimum atomic E-state index is -4.12. The minimum absolute atomic E-state index is 0.000516. The number of nitrogens with two attached hydrogens (primary N) is 1. The van der Waals surface area contributed by atoms with E-state index in [1.54, 1.807) is 0 Å². The fourth-order valence-electron chi connectivity index (χ4n) is 1.95. The Kier molecular flexibility index (Phi) is 5.11. The molecule has 0 saturated carbocycles. The third-order valence-electron chi connectivity index (χ3n) is 3.08. The zero-order valence-corrected chi connectivity index (χ0v) is 13.9. The largest absolute Gasteiger partial charge is 0.395 e. The van der Waals surface area contributed by atoms with Crippen molar-refractivity contribution in [1.82, 2.24) is 4.31 Å². The van der Waals surface area contributed by atoms with Gasteiger partial charge in [-0.25, -0.2) is 12.8 Å². The van der Waals surface area contributed by atoms with Crippen molar-refractivity contribution in [3.8, 4) is 0 Å². The van der Waals surface area contributed by atoms with Crippen molar-refractivity contribution < 1.29 is 22.7 Å². The number of anilines is 1. The SMILES string of the molecule is Nc1c(F)c(S(=O)(=O)N2CCOC(CO)C2)cc(Cl)c1Br. The Hall–Kier alpha value is -0.450. The van der Waals surface area contributed by atoms with Crippen molar-refractivity contribution in [3.05, 3.63) is 21.4 Å². The van der Waals surface area contributed by atoms with E-state index >= 15 is 0 Å². The third kappa shape index (κ3) is 3.17. The highest BCUT2D eigenvalue weighted by Crippen LogP contribution is 2.35. The second kappa shape index (κ2) is 6.35. The molecule has 1 fully saturated rings. The molecule has 1 heterocycles. The summed E-state index contributed by atoms with van der Waals surface area (Å²) in [5, 5.41) is 9.06. The molecule has 0 radical (unpaired) electrons. The van der Waals surface area contributed by atoms with Crippen molar-refractivity contribution in [2.24, 2.45) is 0 Å². The van der Waals surface area contributed by atoms with Crippen molar-refractivity contribution in [2.45, 2.75) is 11.0 Å². The van der Waals surface area contributed by atoms with Crippen LogP contribution >= 0.6 is 27.5 Å². The van der Waals surface area contributed by atoms with Gasteiger partial charge >= 0.3 is 0 Å². The number of rotatable bonds is 3. The Morgan fingerprint density at radius 2 is 2.29 bits per heavy atom. The summed E-state index contributed by atoms with van der Waals surface area (Å²) in [4.78, 5) is -0.591. The van der Waals surface area contributed by atoms with E-state index in [2.05, 4.69) is 15.9 Å². The quantitative estimate of drug-likeness (QED) is 0.584. The lowest BCUT2D eigenvalue weighted by molar-refractivity contribution is -0.0305. The molecule has 1 aliphatic rings. The van der Waals surface area contributed by atoms with Crippen molar-refractivity contribution in [2.75, 3.05) is 32.0 Å². The maximum absolute atomic E-state index is 14.2. The monoisotopic (exact) mass is 402 g/mol. The highest BCUT2D eigenvalue weighted by molar-refractivity contribution is 9.10. The third-order valence-corrected chi connectivity index (χ3v) is 6.32. The number of morpholine rings is 1. The van der Waals surface area contributed by atoms with Gasteiger partial charge in [0, 0.05) is 13.1 Å². The molecular weight excluding hydrogens is 391 g/mol. The molecule has 1 aliphatic heterocycles. The normalized spacial score (nSPS) is 20.7. The van der Waals surface area contributed by atoms with E-state index in [-0.39, 0.29) is 41.5 Å². The Morgan fingerprint density at radius 3 is 2.90 bits per heavy atom. The molecule has 1 aromatic carbocycles. The van der Waals surface area contributed by atoms with Gasteiger partial charge in [0.25, 0.3) is 0 Å². The van der Waals surface area contributed by atoms with Gasteiger partial charge < -0.3 is 15.6 Å². The lowest BCUT2D eigenvalue weighted by atomic mass is 10.3. The fourth-order valence-corrected chi connectivity index (χ4v) is 4.07. The summed E-state index contributed by atoms with van der Waals surface area (Å²) in [5.74, 6) is -1.06. The molecule has 118 valence electrons. The second-order valence-electron chi connectivity index (χ2n) is 4.44. The van der Waals surface area contributed by atoms with Gasteiger partial charge in [0.05, 0.1) is 34.5 Å². The first-order valence-corrected chi connectivity index (χ1v) is 8.55. The van der Waals surface area contributed by atoms with E-state index in [0.29, 0.717) is 0 Å². The van der Waals surface area contributed by atoms with E-state index in [1.165, 1.54) is 0 Å². The molecule has 1 unspecified atom stereocenters. The molecule has 1 saturated heterocycles. The topological polar surface area (TPSA) is 92.9 Å². The average molecular weight is 404 g/mol. The number of nitrogens with zero attached hydrogens (tertiary/aromatic N) is 1. The molecule has 0 aromatic heterocycles. The summed E-state index contributed by atoms with van der Waals surface area (Å²) >= 11 is 8.84. The smallest absolute Gasteiger partial charge is 0.246 e. The number of aliphatic hydroxyl groups is 1. The van der Waals surface area contributed by atoms with E-state index in [4.69, 9.17) is 27.2 Å². The number of benzene rings is 1. The zero-order chi connectivity index (χ0) is 15.8. The average Bonchev–Trinajstić information content (AvgIpc) is 2.48. The molecule has 0 spiro atoms. The highest BCUT2D eigenvalue weighted by Gasteiger charge is 2.34. The Labute approximate surface area is 134 Å². The van der Waals surface area contributed by atoms with E-state index < -0.39 is 26.8 Å². The van der Waals surface area contributed by atoms with Crippen LogP contribution in [-0.2, 0) is 14.8 Å². The standard InChI is InChI=1S/C11H13BrClFN2O4S/c12-9-7(13)3-8(10(14)11(9)15)21(18,19)16-1-2-20-6(4-16)5-17/h3,6,17H,1-2,4-5,15H2. The lowest BCUT2D eigenvalue weighted by Crippen LogP contribution is -2.47. The molecule has 0 aliphatic carbocycles. The first-order valence-electron chi connectivity index (χ1n) is 5.94. The summed E-state index contributed by atoms with van der Waals surface area (Å²) < 4.78 is 45.5. The van der Waals surface area contributed by atoms with Crippen LogP contribution in [0.1, 0.15) is 0 Å². The highest BCUT2D eigenvalue weighted by atomic mass is 79.9. The van der Waals surface area contributed by atoms with Crippen molar-refractivity contribution in [1.29, 1.82) is 0 Å². The number of aliphatic hydroxyl groups excluding tert-OH is 1. The molecule has 2 rings (SSSR count). The van der Waals surface area contributed by atoms with Gasteiger partial charge in [0.1, 0.15) is 4.90 Å². The lowest BCUT2D eigenvalue weighted by Gasteiger charge is -2.31. The van der Waals surface area contributed by atoms with Crippen LogP contribution in [0.3, 0.4) is 0 Å². The Balaban J connectivity index is 2.45. The fraction of sp³-hybridized carbons (Fsp3) is 0.455. The number of sulfonamides is 1. The van der Waals surface area contributed by atoms with Crippen LogP contribution in [0.2, 0.25) is 5.02 Å². The van der Waals surface area contributed by atoms with Gasteiger partial charge in [-0.2, -0.15) is 4.31 Å².